The molecule has 1 aliphatic heterocycles. The number of aliphatic hydroxyl groups is 1. The Kier molecular flexibility index (Phi) is 13.0. The smallest absolute Gasteiger partial charge is 0.409 e. The molecule has 0 saturated carbocycles. The molecule has 0 radical (unpaired) electrons. The molecule has 5 aromatic carbocycles. The number of nitrogens with one attached hydrogen (secondary N) is 1. The number of methoxy groups -OCH3 is 2. The molecule has 2 heterocycles. The normalized spacial score (nSPS) is 16.8. The fourth-order valence-corrected chi connectivity index (χ4v) is 8.50. The van der Waals surface area contributed by atoms with Gasteiger partial charge >= 0.3 is 11.8 Å². The van der Waals surface area contributed by atoms with Crippen molar-refractivity contribution in [3.05, 3.63) is 178 Å². The van der Waals surface area contributed by atoms with Gasteiger partial charge in [0.05, 0.1) is 26.9 Å². The molecule has 1 saturated heterocycles. The van der Waals surface area contributed by atoms with E-state index in [4.69, 9.17) is 23.7 Å². The summed E-state index contributed by atoms with van der Waals surface area (Å²) < 4.78 is 31.2. The number of aliphatic hydroxyl groups excluding tert-OH is 1. The van der Waals surface area contributed by atoms with E-state index in [1.807, 2.05) is 103 Å². The number of amides is 2. The van der Waals surface area contributed by atoms with E-state index in [9.17, 15) is 19.5 Å². The van der Waals surface area contributed by atoms with Crippen LogP contribution in [0.4, 0.5) is 10.6 Å². The lowest BCUT2D eigenvalue weighted by atomic mass is 9.80. The predicted molar refractivity (Wildman–Crippen MR) is 237 cm³/mol. The van der Waals surface area contributed by atoms with Gasteiger partial charge in [-0.05, 0) is 75.7 Å². The summed E-state index contributed by atoms with van der Waals surface area (Å²) in [6.07, 6.45) is -1.02. The van der Waals surface area contributed by atoms with Crippen LogP contribution < -0.4 is 20.5 Å². The number of nitrogens with zero attached hydrogens (tertiary/aromatic N) is 3. The Labute approximate surface area is 365 Å². The van der Waals surface area contributed by atoms with Gasteiger partial charge in [-0.2, -0.15) is 4.98 Å². The SMILES string of the molecule is COc1ccc(C(OCC2O[C@@H](n3ccc(NC(=O)CCCN(C)C(=O)OCC4c5ccccc5-c5ccccc54)nc3=O)C[C@H]2O)(c2ccccc2)c2ccc(OC)cc2)cc1. The third-order valence-electron chi connectivity index (χ3n) is 11.8. The third-order valence-corrected chi connectivity index (χ3v) is 11.8. The van der Waals surface area contributed by atoms with E-state index >= 15 is 0 Å². The van der Waals surface area contributed by atoms with Crippen LogP contribution >= 0.6 is 0 Å². The average molecular weight is 851 g/mol. The number of anilines is 1. The zero-order chi connectivity index (χ0) is 43.9. The molecule has 1 aliphatic carbocycles. The molecule has 1 unspecified atom stereocenters. The van der Waals surface area contributed by atoms with Gasteiger partial charge in [-0.3, -0.25) is 9.36 Å². The molecule has 2 N–H and O–H groups in total. The summed E-state index contributed by atoms with van der Waals surface area (Å²) in [5, 5.41) is 13.9. The van der Waals surface area contributed by atoms with Gasteiger partial charge in [0.1, 0.15) is 41.9 Å². The number of carbonyl (C=O) groups is 2. The van der Waals surface area contributed by atoms with Gasteiger partial charge in [-0.25, -0.2) is 9.59 Å². The van der Waals surface area contributed by atoms with E-state index in [0.29, 0.717) is 17.9 Å². The highest BCUT2D eigenvalue weighted by Crippen LogP contribution is 2.45. The second-order valence-corrected chi connectivity index (χ2v) is 15.6. The van der Waals surface area contributed by atoms with Crippen molar-refractivity contribution in [2.24, 2.45) is 0 Å². The highest BCUT2D eigenvalue weighted by Gasteiger charge is 2.42. The average Bonchev–Trinajstić information content (AvgIpc) is 3.85. The molecular formula is C50H50N4O9. The number of hydrogen-bond acceptors (Lipinski definition) is 10. The maximum Gasteiger partial charge on any atom is 0.409 e. The Bertz CT molecular complexity index is 2490. The molecule has 324 valence electrons. The van der Waals surface area contributed by atoms with Crippen molar-refractivity contribution in [3.8, 4) is 22.6 Å². The largest absolute Gasteiger partial charge is 0.497 e. The predicted octanol–water partition coefficient (Wildman–Crippen LogP) is 7.52. The van der Waals surface area contributed by atoms with Crippen LogP contribution in [0.25, 0.3) is 11.1 Å². The van der Waals surface area contributed by atoms with Crippen LogP contribution in [0.3, 0.4) is 0 Å². The van der Waals surface area contributed by atoms with Crippen LogP contribution in [-0.4, -0.2) is 84.8 Å². The molecule has 6 aromatic rings. The van der Waals surface area contributed by atoms with E-state index < -0.39 is 35.8 Å². The molecule has 2 aliphatic rings. The Hall–Kier alpha value is -6.80. The van der Waals surface area contributed by atoms with Crippen LogP contribution in [0.5, 0.6) is 11.5 Å². The van der Waals surface area contributed by atoms with Gasteiger partial charge in [0, 0.05) is 38.5 Å². The summed E-state index contributed by atoms with van der Waals surface area (Å²) in [6.45, 7) is 0.466. The van der Waals surface area contributed by atoms with E-state index in [2.05, 4.69) is 34.6 Å². The Morgan fingerprint density at radius 3 is 1.95 bits per heavy atom. The molecule has 0 bridgehead atoms. The fraction of sp³-hybridized carbons (Fsp3) is 0.280. The number of ether oxygens (including phenoxy) is 5. The number of aromatic nitrogens is 2. The molecule has 1 aromatic heterocycles. The van der Waals surface area contributed by atoms with Gasteiger partial charge in [-0.15, -0.1) is 0 Å². The van der Waals surface area contributed by atoms with Crippen molar-refractivity contribution in [2.75, 3.05) is 46.3 Å². The van der Waals surface area contributed by atoms with Crippen LogP contribution in [0.2, 0.25) is 0 Å². The minimum absolute atomic E-state index is 0.0303. The molecule has 8 rings (SSSR count). The molecular weight excluding hydrogens is 801 g/mol. The lowest BCUT2D eigenvalue weighted by molar-refractivity contribution is -0.116. The van der Waals surface area contributed by atoms with E-state index in [-0.39, 0.29) is 50.2 Å². The van der Waals surface area contributed by atoms with Crippen molar-refractivity contribution in [2.45, 2.75) is 49.2 Å². The lowest BCUT2D eigenvalue weighted by Crippen LogP contribution is -2.38. The van der Waals surface area contributed by atoms with Crippen LogP contribution in [0, 0.1) is 0 Å². The summed E-state index contributed by atoms with van der Waals surface area (Å²) in [7, 11) is 4.86. The number of fused-ring (bicyclic) bond motifs is 3. The van der Waals surface area contributed by atoms with Gasteiger partial charge in [-0.1, -0.05) is 103 Å². The fourth-order valence-electron chi connectivity index (χ4n) is 8.50. The first-order valence-electron chi connectivity index (χ1n) is 21.0. The number of benzene rings is 5. The van der Waals surface area contributed by atoms with Gasteiger partial charge in [0.2, 0.25) is 5.91 Å². The maximum absolute atomic E-state index is 13.3. The molecule has 63 heavy (non-hydrogen) atoms. The number of hydrogen-bond donors (Lipinski definition) is 2. The van der Waals surface area contributed by atoms with Crippen molar-refractivity contribution in [1.29, 1.82) is 0 Å². The number of carbonyl (C=O) groups excluding carboxylic acids is 2. The minimum atomic E-state index is -1.13. The number of rotatable bonds is 16. The summed E-state index contributed by atoms with van der Waals surface area (Å²) in [5.41, 5.74) is 5.28. The second-order valence-electron chi connectivity index (χ2n) is 15.6. The first-order valence-corrected chi connectivity index (χ1v) is 21.0. The van der Waals surface area contributed by atoms with Crippen LogP contribution in [-0.2, 0) is 24.6 Å². The molecule has 0 spiro atoms. The van der Waals surface area contributed by atoms with E-state index in [1.165, 1.54) is 21.7 Å². The summed E-state index contributed by atoms with van der Waals surface area (Å²) >= 11 is 0. The van der Waals surface area contributed by atoms with Crippen molar-refractivity contribution in [3.63, 3.8) is 0 Å². The first-order chi connectivity index (χ1) is 30.7. The molecule has 3 atom stereocenters. The molecule has 2 amide bonds. The maximum atomic E-state index is 13.3. The molecule has 13 heteroatoms. The van der Waals surface area contributed by atoms with Gasteiger partial charge < -0.3 is 39.0 Å². The minimum Gasteiger partial charge on any atom is -0.497 e. The highest BCUT2D eigenvalue weighted by atomic mass is 16.6. The third kappa shape index (κ3) is 9.08. The van der Waals surface area contributed by atoms with Crippen molar-refractivity contribution < 1.29 is 38.4 Å². The topological polar surface area (TPSA) is 151 Å². The monoisotopic (exact) mass is 850 g/mol. The Morgan fingerprint density at radius 1 is 0.794 bits per heavy atom. The van der Waals surface area contributed by atoms with E-state index in [1.54, 1.807) is 21.3 Å². The summed E-state index contributed by atoms with van der Waals surface area (Å²) in [5.74, 6) is 1.05. The first kappa shape index (κ1) is 42.9. The van der Waals surface area contributed by atoms with Gasteiger partial charge in [0.15, 0.2) is 0 Å². The summed E-state index contributed by atoms with van der Waals surface area (Å²) in [6, 6.07) is 42.9. The quantitative estimate of drug-likeness (QED) is 0.0937. The lowest BCUT2D eigenvalue weighted by Gasteiger charge is -2.37. The van der Waals surface area contributed by atoms with Crippen LogP contribution in [0.1, 0.15) is 59.2 Å². The Morgan fingerprint density at radius 2 is 1.37 bits per heavy atom. The van der Waals surface area contributed by atoms with Crippen LogP contribution in [0.15, 0.2) is 144 Å². The second kappa shape index (κ2) is 19.1. The molecule has 13 nitrogen and oxygen atoms in total. The van der Waals surface area contributed by atoms with Gasteiger partial charge in [0.25, 0.3) is 0 Å². The summed E-state index contributed by atoms with van der Waals surface area (Å²) in [4.78, 5) is 44.6. The zero-order valence-electron chi connectivity index (χ0n) is 35.4. The van der Waals surface area contributed by atoms with E-state index in [0.717, 1.165) is 38.9 Å². The zero-order valence-corrected chi connectivity index (χ0v) is 35.4. The van der Waals surface area contributed by atoms with Crippen molar-refractivity contribution in [1.82, 2.24) is 14.5 Å². The standard InChI is InChI=1S/C50H50N4O9/c1-53(49(58)61-31-42-40-16-9-7-14-38(40)39-15-8-10-17-41(39)42)28-11-18-46(56)51-45-27-29-54(48(57)52-45)47-30-43(55)44(63-47)32-62-50(33-12-5-4-6-13-33,34-19-23-36(59-2)24-20-34)35-21-25-37(60-3)26-22-35/h4-10,12-17,19-27,29,42-44,47,55H,11,18,28,30-32H2,1-3H3,(H,51,52,56,57)/t43-,44?,47-/m1/s1. The highest BCUT2D eigenvalue weighted by molar-refractivity contribution is 5.89. The Balaban J connectivity index is 0.866. The molecule has 1 fully saturated rings. The van der Waals surface area contributed by atoms with Crippen molar-refractivity contribution >= 4 is 17.8 Å².